The van der Waals surface area contributed by atoms with Gasteiger partial charge in [-0.25, -0.2) is 0 Å². The molecule has 2 aliphatic rings. The van der Waals surface area contributed by atoms with Gasteiger partial charge in [-0.15, -0.1) is 0 Å². The number of carboxylic acid groups (broad SMARTS) is 1. The fourth-order valence-corrected chi connectivity index (χ4v) is 6.77. The van der Waals surface area contributed by atoms with Gasteiger partial charge in [0.2, 0.25) is 6.29 Å². The summed E-state index contributed by atoms with van der Waals surface area (Å²) in [6.45, 7) is 15.8. The van der Waals surface area contributed by atoms with Crippen molar-refractivity contribution in [2.24, 2.45) is 11.8 Å². The molecule has 2 N–H and O–H groups in total. The molecule has 0 aromatic rings. The van der Waals surface area contributed by atoms with Gasteiger partial charge in [0.1, 0.15) is 0 Å². The van der Waals surface area contributed by atoms with Gasteiger partial charge in [0.25, 0.3) is 0 Å². The van der Waals surface area contributed by atoms with Crippen molar-refractivity contribution in [3.05, 3.63) is 24.5 Å². The second-order valence-corrected chi connectivity index (χ2v) is 16.7. The Morgan fingerprint density at radius 2 is 1.82 bits per heavy atom. The number of ether oxygens (including phenoxy) is 2. The van der Waals surface area contributed by atoms with Crippen molar-refractivity contribution in [1.82, 2.24) is 0 Å². The lowest BCUT2D eigenvalue weighted by Gasteiger charge is -2.45. The van der Waals surface area contributed by atoms with E-state index in [2.05, 4.69) is 47.7 Å². The normalized spacial score (nSPS) is 29.1. The van der Waals surface area contributed by atoms with E-state index in [1.807, 2.05) is 12.2 Å². The molecule has 2 rings (SSSR count). The van der Waals surface area contributed by atoms with E-state index in [0.29, 0.717) is 6.42 Å². The Morgan fingerprint density at radius 1 is 1.12 bits per heavy atom. The minimum absolute atomic E-state index is 0.0530. The lowest BCUT2D eigenvalue weighted by atomic mass is 9.82. The number of allylic oxidation sites excluding steroid dienone is 2. The molecular formula is C27H48O6Si. The number of aliphatic carboxylic acids is 1. The van der Waals surface area contributed by atoms with Crippen LogP contribution in [0.3, 0.4) is 0 Å². The van der Waals surface area contributed by atoms with E-state index in [0.717, 1.165) is 32.1 Å². The summed E-state index contributed by atoms with van der Waals surface area (Å²) in [4.78, 5) is 11.6. The highest BCUT2D eigenvalue weighted by Gasteiger charge is 2.47. The molecule has 7 heteroatoms. The monoisotopic (exact) mass is 496 g/mol. The minimum atomic E-state index is -2.00. The Bertz CT molecular complexity index is 712. The van der Waals surface area contributed by atoms with E-state index < -0.39 is 26.7 Å². The number of carbonyl (C=O) groups is 1. The van der Waals surface area contributed by atoms with Crippen LogP contribution in [0.25, 0.3) is 0 Å². The Hall–Kier alpha value is -1.15. The quantitative estimate of drug-likeness (QED) is 0.226. The van der Waals surface area contributed by atoms with Gasteiger partial charge in [0, 0.05) is 12.3 Å². The van der Waals surface area contributed by atoms with Crippen LogP contribution in [0.15, 0.2) is 24.5 Å². The number of hydrogen-bond acceptors (Lipinski definition) is 5. The first kappa shape index (κ1) is 29.1. The molecule has 0 bridgehead atoms. The number of unbranched alkanes of at least 4 members (excludes halogenated alkanes) is 2. The molecule has 6 nitrogen and oxygen atoms in total. The number of aliphatic hydroxyl groups is 1. The molecule has 0 spiro atoms. The van der Waals surface area contributed by atoms with Crippen LogP contribution in [0.4, 0.5) is 0 Å². The fourth-order valence-electron chi connectivity index (χ4n) is 5.03. The molecule has 1 fully saturated rings. The van der Waals surface area contributed by atoms with Gasteiger partial charge in [-0.1, -0.05) is 53.0 Å². The smallest absolute Gasteiger partial charge is 0.303 e. The Kier molecular flexibility index (Phi) is 10.4. The molecule has 0 saturated heterocycles. The van der Waals surface area contributed by atoms with Gasteiger partial charge >= 0.3 is 5.97 Å². The topological polar surface area (TPSA) is 85.2 Å². The average molecular weight is 497 g/mol. The molecule has 2 unspecified atom stereocenters. The SMILES string of the molecule is CCCCCC(C)(CC[C@H]1C(CC(=O)O)[C@@H](O)C[C@H]1O[C@@H]1C=CC=CO1)O[Si](C)(C)C(C)(C)C. The van der Waals surface area contributed by atoms with Crippen molar-refractivity contribution in [1.29, 1.82) is 0 Å². The Labute approximate surface area is 207 Å². The number of hydrogen-bond donors (Lipinski definition) is 2. The lowest BCUT2D eigenvalue weighted by molar-refractivity contribution is -0.140. The zero-order valence-electron chi connectivity index (χ0n) is 22.4. The third kappa shape index (κ3) is 8.21. The van der Waals surface area contributed by atoms with Crippen molar-refractivity contribution in [2.75, 3.05) is 0 Å². The molecule has 0 aromatic heterocycles. The van der Waals surface area contributed by atoms with E-state index in [1.165, 1.54) is 6.42 Å². The zero-order valence-corrected chi connectivity index (χ0v) is 23.4. The first-order valence-corrected chi connectivity index (χ1v) is 15.9. The second kappa shape index (κ2) is 12.2. The summed E-state index contributed by atoms with van der Waals surface area (Å²) in [5.74, 6) is -1.28. The average Bonchev–Trinajstić information content (AvgIpc) is 3.00. The molecule has 0 radical (unpaired) electrons. The lowest BCUT2D eigenvalue weighted by Crippen LogP contribution is -2.49. The number of aliphatic hydroxyl groups excluding tert-OH is 1. The largest absolute Gasteiger partial charge is 0.481 e. The molecule has 1 saturated carbocycles. The molecule has 1 aliphatic heterocycles. The highest BCUT2D eigenvalue weighted by Crippen LogP contribution is 2.45. The van der Waals surface area contributed by atoms with Gasteiger partial charge in [-0.2, -0.15) is 0 Å². The van der Waals surface area contributed by atoms with Gasteiger partial charge in [-0.05, 0) is 62.4 Å². The maximum atomic E-state index is 11.6. The molecule has 1 aliphatic carbocycles. The number of carboxylic acids is 1. The van der Waals surface area contributed by atoms with E-state index in [1.54, 1.807) is 12.3 Å². The predicted octanol–water partition coefficient (Wildman–Crippen LogP) is 6.41. The van der Waals surface area contributed by atoms with Crippen LogP contribution in [0.1, 0.15) is 86.0 Å². The summed E-state index contributed by atoms with van der Waals surface area (Å²) in [7, 11) is -2.00. The molecule has 0 amide bonds. The Balaban J connectivity index is 2.20. The predicted molar refractivity (Wildman–Crippen MR) is 138 cm³/mol. The molecule has 1 heterocycles. The van der Waals surface area contributed by atoms with E-state index in [9.17, 15) is 15.0 Å². The summed E-state index contributed by atoms with van der Waals surface area (Å²) in [6.07, 6.45) is 12.0. The Morgan fingerprint density at radius 3 is 2.38 bits per heavy atom. The minimum Gasteiger partial charge on any atom is -0.481 e. The van der Waals surface area contributed by atoms with E-state index in [4.69, 9.17) is 13.9 Å². The van der Waals surface area contributed by atoms with Gasteiger partial charge in [0.05, 0.1) is 30.5 Å². The van der Waals surface area contributed by atoms with Gasteiger partial charge in [-0.3, -0.25) is 4.79 Å². The highest BCUT2D eigenvalue weighted by atomic mass is 28.4. The number of rotatable bonds is 13. The van der Waals surface area contributed by atoms with Crippen LogP contribution in [-0.2, 0) is 18.7 Å². The first-order chi connectivity index (χ1) is 15.8. The van der Waals surface area contributed by atoms with Crippen LogP contribution in [0.2, 0.25) is 18.1 Å². The van der Waals surface area contributed by atoms with Crippen LogP contribution in [0, 0.1) is 11.8 Å². The van der Waals surface area contributed by atoms with Crippen molar-refractivity contribution in [3.8, 4) is 0 Å². The van der Waals surface area contributed by atoms with Gasteiger partial charge < -0.3 is 24.1 Å². The maximum Gasteiger partial charge on any atom is 0.303 e. The third-order valence-electron chi connectivity index (χ3n) is 8.01. The van der Waals surface area contributed by atoms with Crippen molar-refractivity contribution in [3.63, 3.8) is 0 Å². The molecule has 34 heavy (non-hydrogen) atoms. The summed E-state index contributed by atoms with van der Waals surface area (Å²) >= 11 is 0. The molecule has 0 aromatic carbocycles. The summed E-state index contributed by atoms with van der Waals surface area (Å²) in [5, 5.41) is 20.4. The zero-order chi connectivity index (χ0) is 25.6. The maximum absolute atomic E-state index is 11.6. The summed E-state index contributed by atoms with van der Waals surface area (Å²) in [5.41, 5.74) is -0.284. The van der Waals surface area contributed by atoms with Gasteiger partial charge in [0.15, 0.2) is 8.32 Å². The first-order valence-electron chi connectivity index (χ1n) is 13.0. The highest BCUT2D eigenvalue weighted by molar-refractivity contribution is 6.74. The van der Waals surface area contributed by atoms with Crippen LogP contribution < -0.4 is 0 Å². The standard InChI is InChI=1S/C27H48O6Si/c1-8-9-11-15-27(5,33-34(6,7)26(2,3)4)16-14-20-21(18-24(29)30)22(28)19-23(20)32-25-13-10-12-17-31-25/h10,12-13,17,20-23,25,28H,8-9,11,14-16,18-19H2,1-7H3,(H,29,30)/t20-,21?,22-,23+,25+,27?/m0/s1. The van der Waals surface area contributed by atoms with Crippen LogP contribution >= 0.6 is 0 Å². The molecule has 6 atom stereocenters. The van der Waals surface area contributed by atoms with Crippen molar-refractivity contribution in [2.45, 2.75) is 128 Å². The molecule has 196 valence electrons. The van der Waals surface area contributed by atoms with Crippen LogP contribution in [0.5, 0.6) is 0 Å². The fraction of sp³-hybridized carbons (Fsp3) is 0.815. The van der Waals surface area contributed by atoms with Crippen LogP contribution in [-0.4, -0.2) is 48.6 Å². The van der Waals surface area contributed by atoms with E-state index >= 15 is 0 Å². The third-order valence-corrected chi connectivity index (χ3v) is 12.6. The second-order valence-electron chi connectivity index (χ2n) is 11.9. The van der Waals surface area contributed by atoms with Crippen molar-refractivity contribution >= 4 is 14.3 Å². The summed E-state index contributed by atoms with van der Waals surface area (Å²) < 4.78 is 18.8. The summed E-state index contributed by atoms with van der Waals surface area (Å²) in [6, 6.07) is 0. The van der Waals surface area contributed by atoms with E-state index in [-0.39, 0.29) is 35.0 Å². The van der Waals surface area contributed by atoms with Crippen molar-refractivity contribution < 1.29 is 28.9 Å². The molecular weight excluding hydrogens is 448 g/mol.